The van der Waals surface area contributed by atoms with Crippen molar-refractivity contribution in [3.05, 3.63) is 74.7 Å². The molecular formula is C30H32BrClN4O7. The molecule has 3 N–H and O–H groups in total. The van der Waals surface area contributed by atoms with Crippen LogP contribution in [0.3, 0.4) is 0 Å². The predicted octanol–water partition coefficient (Wildman–Crippen LogP) is 4.65. The molecule has 228 valence electrons. The molecule has 0 radical (unpaired) electrons. The summed E-state index contributed by atoms with van der Waals surface area (Å²) in [6.07, 6.45) is 1.83. The van der Waals surface area contributed by atoms with Crippen LogP contribution in [-0.4, -0.2) is 57.9 Å². The number of carbonyl (C=O) groups is 3. The number of hydrazone groups is 1. The maximum atomic E-state index is 12.5. The summed E-state index contributed by atoms with van der Waals surface area (Å²) in [5.41, 5.74) is 4.97. The molecule has 0 aliphatic carbocycles. The number of carbonyl (C=O) groups excluding carboxylic acids is 3. The van der Waals surface area contributed by atoms with Gasteiger partial charge in [-0.05, 0) is 89.3 Å². The third kappa shape index (κ3) is 9.62. The number of hydrogen-bond donors (Lipinski definition) is 3. The van der Waals surface area contributed by atoms with Crippen LogP contribution in [0.1, 0.15) is 23.6 Å². The SMILES string of the molecule is CCOc1cc(/C=N\NC(=O)C(=O)NCCc2ccc(OC)c(OC)c2)cc(Br)c1OCC(=O)Nc1cccc(Cl)c1C. The van der Waals surface area contributed by atoms with Gasteiger partial charge in [-0.15, -0.1) is 0 Å². The van der Waals surface area contributed by atoms with E-state index in [1.165, 1.54) is 6.21 Å². The Morgan fingerprint density at radius 2 is 1.74 bits per heavy atom. The zero-order valence-electron chi connectivity index (χ0n) is 24.1. The number of methoxy groups -OCH3 is 2. The lowest BCUT2D eigenvalue weighted by Crippen LogP contribution is -2.38. The summed E-state index contributed by atoms with van der Waals surface area (Å²) in [4.78, 5) is 36.9. The van der Waals surface area contributed by atoms with Gasteiger partial charge in [-0.2, -0.15) is 5.10 Å². The number of nitrogens with zero attached hydrogens (tertiary/aromatic N) is 1. The molecule has 0 aliphatic heterocycles. The fourth-order valence-electron chi connectivity index (χ4n) is 3.79. The first-order valence-corrected chi connectivity index (χ1v) is 14.3. The molecule has 0 heterocycles. The van der Waals surface area contributed by atoms with Crippen LogP contribution in [0.5, 0.6) is 23.0 Å². The van der Waals surface area contributed by atoms with Crippen molar-refractivity contribution in [2.75, 3.05) is 39.3 Å². The highest BCUT2D eigenvalue weighted by Gasteiger charge is 2.16. The summed E-state index contributed by atoms with van der Waals surface area (Å²) in [5.74, 6) is -0.291. The minimum Gasteiger partial charge on any atom is -0.493 e. The molecule has 0 unspecified atom stereocenters. The molecule has 3 amide bonds. The molecule has 3 aromatic rings. The summed E-state index contributed by atoms with van der Waals surface area (Å²) in [6, 6.07) is 13.9. The molecular weight excluding hydrogens is 644 g/mol. The lowest BCUT2D eigenvalue weighted by Gasteiger charge is -2.15. The number of rotatable bonds is 13. The van der Waals surface area contributed by atoms with Crippen LogP contribution in [0.25, 0.3) is 0 Å². The Morgan fingerprint density at radius 1 is 0.977 bits per heavy atom. The molecule has 0 aromatic heterocycles. The normalized spacial score (nSPS) is 10.7. The van der Waals surface area contributed by atoms with Crippen molar-refractivity contribution in [2.45, 2.75) is 20.3 Å². The molecule has 3 rings (SSSR count). The van der Waals surface area contributed by atoms with Crippen LogP contribution in [-0.2, 0) is 20.8 Å². The van der Waals surface area contributed by atoms with Crippen molar-refractivity contribution in [2.24, 2.45) is 5.10 Å². The van der Waals surface area contributed by atoms with E-state index in [2.05, 4.69) is 37.1 Å². The van der Waals surface area contributed by atoms with E-state index in [0.717, 1.165) is 11.1 Å². The van der Waals surface area contributed by atoms with Gasteiger partial charge in [0.2, 0.25) is 0 Å². The van der Waals surface area contributed by atoms with Crippen molar-refractivity contribution in [1.82, 2.24) is 10.7 Å². The van der Waals surface area contributed by atoms with Crippen molar-refractivity contribution >= 4 is 57.2 Å². The molecule has 0 atom stereocenters. The molecule has 13 heteroatoms. The highest BCUT2D eigenvalue weighted by molar-refractivity contribution is 9.10. The Hall–Kier alpha value is -4.29. The van der Waals surface area contributed by atoms with Crippen LogP contribution in [0.15, 0.2) is 58.1 Å². The Bertz CT molecular complexity index is 1500. The van der Waals surface area contributed by atoms with Crippen LogP contribution < -0.4 is 35.0 Å². The third-order valence-electron chi connectivity index (χ3n) is 5.95. The van der Waals surface area contributed by atoms with Gasteiger partial charge in [0, 0.05) is 17.3 Å². The van der Waals surface area contributed by atoms with Gasteiger partial charge >= 0.3 is 11.8 Å². The first-order chi connectivity index (χ1) is 20.7. The summed E-state index contributed by atoms with van der Waals surface area (Å²) in [6.45, 7) is 3.89. The Labute approximate surface area is 263 Å². The van der Waals surface area contributed by atoms with E-state index in [9.17, 15) is 14.4 Å². The Kier molecular flexibility index (Phi) is 12.6. The van der Waals surface area contributed by atoms with E-state index in [0.29, 0.717) is 56.8 Å². The van der Waals surface area contributed by atoms with Gasteiger partial charge in [-0.25, -0.2) is 5.43 Å². The summed E-state index contributed by atoms with van der Waals surface area (Å²) >= 11 is 9.56. The zero-order chi connectivity index (χ0) is 31.4. The van der Waals surface area contributed by atoms with Gasteiger partial charge in [0.1, 0.15) is 0 Å². The van der Waals surface area contributed by atoms with Crippen molar-refractivity contribution in [1.29, 1.82) is 0 Å². The van der Waals surface area contributed by atoms with Gasteiger partial charge in [-0.1, -0.05) is 23.7 Å². The topological polar surface area (TPSA) is 137 Å². The number of anilines is 1. The standard InChI is InChI=1S/C30H32BrClN4O7/c1-5-42-26-15-20(13-21(31)28(26)43-17-27(37)35-23-8-6-7-22(32)18(23)2)16-34-36-30(39)29(38)33-12-11-19-9-10-24(40-3)25(14-19)41-4/h6-10,13-16H,5,11-12,17H2,1-4H3,(H,33,38)(H,35,37)(H,36,39)/b34-16-. The lowest BCUT2D eigenvalue weighted by molar-refractivity contribution is -0.139. The summed E-state index contributed by atoms with van der Waals surface area (Å²) in [5, 5.41) is 9.74. The van der Waals surface area contributed by atoms with Crippen molar-refractivity contribution in [3.63, 3.8) is 0 Å². The van der Waals surface area contributed by atoms with Crippen LogP contribution in [0, 0.1) is 6.92 Å². The van der Waals surface area contributed by atoms with E-state index in [4.69, 9.17) is 30.5 Å². The molecule has 0 saturated carbocycles. The van der Waals surface area contributed by atoms with Gasteiger partial charge < -0.3 is 29.6 Å². The number of hydrogen-bond acceptors (Lipinski definition) is 8. The second kappa shape index (κ2) is 16.4. The molecule has 0 spiro atoms. The second-order valence-corrected chi connectivity index (χ2v) is 10.2. The first-order valence-electron chi connectivity index (χ1n) is 13.1. The molecule has 0 saturated heterocycles. The van der Waals surface area contributed by atoms with Gasteiger partial charge in [0.15, 0.2) is 29.6 Å². The zero-order valence-corrected chi connectivity index (χ0v) is 26.4. The van der Waals surface area contributed by atoms with E-state index in [1.54, 1.807) is 70.5 Å². The first kappa shape index (κ1) is 33.2. The summed E-state index contributed by atoms with van der Waals surface area (Å²) in [7, 11) is 3.09. The van der Waals surface area contributed by atoms with Gasteiger partial charge in [0.05, 0.1) is 31.5 Å². The maximum absolute atomic E-state index is 12.5. The highest BCUT2D eigenvalue weighted by atomic mass is 79.9. The Morgan fingerprint density at radius 3 is 2.47 bits per heavy atom. The maximum Gasteiger partial charge on any atom is 0.329 e. The third-order valence-corrected chi connectivity index (χ3v) is 6.95. The van der Waals surface area contributed by atoms with E-state index >= 15 is 0 Å². The van der Waals surface area contributed by atoms with Crippen LogP contribution >= 0.6 is 27.5 Å². The quantitative estimate of drug-likeness (QED) is 0.136. The van der Waals surface area contributed by atoms with Crippen molar-refractivity contribution in [3.8, 4) is 23.0 Å². The number of ether oxygens (including phenoxy) is 4. The molecule has 0 fully saturated rings. The average molecular weight is 676 g/mol. The number of benzene rings is 3. The minimum atomic E-state index is -0.923. The largest absolute Gasteiger partial charge is 0.493 e. The number of amides is 3. The highest BCUT2D eigenvalue weighted by Crippen LogP contribution is 2.36. The van der Waals surface area contributed by atoms with E-state index in [-0.39, 0.29) is 19.1 Å². The molecule has 3 aromatic carbocycles. The predicted molar refractivity (Wildman–Crippen MR) is 168 cm³/mol. The fourth-order valence-corrected chi connectivity index (χ4v) is 4.53. The average Bonchev–Trinajstić information content (AvgIpc) is 2.99. The molecule has 0 aliphatic rings. The smallest absolute Gasteiger partial charge is 0.329 e. The fraction of sp³-hybridized carbons (Fsp3) is 0.267. The van der Waals surface area contributed by atoms with Gasteiger partial charge in [0.25, 0.3) is 5.91 Å². The monoisotopic (exact) mass is 674 g/mol. The van der Waals surface area contributed by atoms with E-state index in [1.807, 2.05) is 6.07 Å². The van der Waals surface area contributed by atoms with Crippen LogP contribution in [0.2, 0.25) is 5.02 Å². The van der Waals surface area contributed by atoms with Crippen molar-refractivity contribution < 1.29 is 33.3 Å². The molecule has 43 heavy (non-hydrogen) atoms. The Balaban J connectivity index is 1.54. The lowest BCUT2D eigenvalue weighted by atomic mass is 10.1. The number of nitrogens with one attached hydrogen (secondary N) is 3. The van der Waals surface area contributed by atoms with Crippen LogP contribution in [0.4, 0.5) is 5.69 Å². The summed E-state index contributed by atoms with van der Waals surface area (Å²) < 4.78 is 22.4. The molecule has 0 bridgehead atoms. The second-order valence-electron chi connectivity index (χ2n) is 8.91. The number of halogens is 2. The minimum absolute atomic E-state index is 0.230. The van der Waals surface area contributed by atoms with E-state index < -0.39 is 11.8 Å². The van der Waals surface area contributed by atoms with Gasteiger partial charge in [-0.3, -0.25) is 14.4 Å². The molecule has 11 nitrogen and oxygen atoms in total.